The van der Waals surface area contributed by atoms with Gasteiger partial charge in [0.25, 0.3) is 0 Å². The van der Waals surface area contributed by atoms with Gasteiger partial charge in [0, 0.05) is 0 Å². The average molecular weight is 545 g/mol. The molecule has 3 rings (SSSR count). The van der Waals surface area contributed by atoms with E-state index in [0.29, 0.717) is 11.5 Å². The zero-order chi connectivity index (χ0) is 23.8. The molecule has 33 heavy (non-hydrogen) atoms. The summed E-state index contributed by atoms with van der Waals surface area (Å²) in [6, 6.07) is 15.7. The predicted octanol–water partition coefficient (Wildman–Crippen LogP) is 8.29. The van der Waals surface area contributed by atoms with Crippen molar-refractivity contribution in [1.29, 1.82) is 0 Å². The van der Waals surface area contributed by atoms with E-state index < -0.39 is 0 Å². The van der Waals surface area contributed by atoms with Crippen molar-refractivity contribution >= 4 is 40.5 Å². The number of thiophene rings is 1. The first-order valence-electron chi connectivity index (χ1n) is 10.4. The van der Waals surface area contributed by atoms with E-state index in [1.807, 2.05) is 58.1 Å². The summed E-state index contributed by atoms with van der Waals surface area (Å²) < 4.78 is 2.10. The summed E-state index contributed by atoms with van der Waals surface area (Å²) in [4.78, 5) is 1.35. The van der Waals surface area contributed by atoms with Crippen LogP contribution in [0.25, 0.3) is 0 Å². The molecule has 2 N–H and O–H groups in total. The molecule has 0 bridgehead atoms. The number of aryl methyl sites for hydroxylation is 2. The molecule has 0 aliphatic carbocycles. The molecule has 6 heteroatoms. The number of phenolic OH excluding ortho intramolecular Hbond substituents is 2. The van der Waals surface area contributed by atoms with Crippen molar-refractivity contribution in [3.05, 3.63) is 81.0 Å². The van der Waals surface area contributed by atoms with E-state index in [4.69, 9.17) is 0 Å². The maximum absolute atomic E-state index is 9.31. The van der Waals surface area contributed by atoms with E-state index in [1.54, 1.807) is 23.5 Å². The molecule has 1 heterocycles. The van der Waals surface area contributed by atoms with Crippen LogP contribution in [0.5, 0.6) is 11.5 Å². The van der Waals surface area contributed by atoms with Crippen molar-refractivity contribution < 1.29 is 30.2 Å². The molecule has 0 amide bonds. The van der Waals surface area contributed by atoms with Crippen LogP contribution in [0, 0.1) is 13.8 Å². The van der Waals surface area contributed by atoms with Crippen LogP contribution in [-0.4, -0.2) is 14.5 Å². The molecule has 0 fully saturated rings. The van der Waals surface area contributed by atoms with Gasteiger partial charge < -0.3 is 10.2 Å². The van der Waals surface area contributed by atoms with Crippen molar-refractivity contribution in [2.24, 2.45) is 0 Å². The Morgan fingerprint density at radius 3 is 1.33 bits per heavy atom. The van der Waals surface area contributed by atoms with Crippen LogP contribution < -0.4 is 0 Å². The van der Waals surface area contributed by atoms with Crippen molar-refractivity contribution in [1.82, 2.24) is 0 Å². The van der Waals surface area contributed by atoms with E-state index in [1.165, 1.54) is 16.0 Å². The third-order valence-corrected chi connectivity index (χ3v) is 6.44. The van der Waals surface area contributed by atoms with Gasteiger partial charge in [0.1, 0.15) is 11.5 Å². The number of benzene rings is 2. The molecule has 0 aliphatic rings. The Bertz CT molecular complexity index is 911. The van der Waals surface area contributed by atoms with Crippen molar-refractivity contribution in [3.63, 3.8) is 0 Å². The van der Waals surface area contributed by atoms with Gasteiger partial charge >= 0.3 is 58.0 Å². The van der Waals surface area contributed by atoms with Gasteiger partial charge in [-0.2, -0.15) is 0 Å². The van der Waals surface area contributed by atoms with Gasteiger partial charge in [-0.3, -0.25) is 0 Å². The molecule has 0 atom stereocenters. The number of hydrogen-bond donors (Lipinski definition) is 2. The standard InChI is InChI=1S/2C11H16O.C5H4S.2ClH.Ti/c2*1-8-7-9(11(2,3)4)5-6-10(8)12;1-5-3-2-4-6-5;;;/h2*5-7,12H,1-4H3;1-4H;2*1H;. The van der Waals surface area contributed by atoms with Crippen molar-refractivity contribution in [2.75, 3.05) is 0 Å². The molecule has 0 saturated heterocycles. The summed E-state index contributed by atoms with van der Waals surface area (Å²) in [6.07, 6.45) is 0. The summed E-state index contributed by atoms with van der Waals surface area (Å²) in [7, 11) is 0. The first-order chi connectivity index (χ1) is 14.3. The van der Waals surface area contributed by atoms with E-state index in [9.17, 15) is 10.2 Å². The topological polar surface area (TPSA) is 40.5 Å². The average Bonchev–Trinajstić information content (AvgIpc) is 3.19. The van der Waals surface area contributed by atoms with Crippen LogP contribution in [0.3, 0.4) is 0 Å². The summed E-state index contributed by atoms with van der Waals surface area (Å²) in [5, 5.41) is 20.7. The Morgan fingerprint density at radius 2 is 1.12 bits per heavy atom. The van der Waals surface area contributed by atoms with Gasteiger partial charge in [0.15, 0.2) is 0 Å². The Hall–Kier alpha value is -1.10. The van der Waals surface area contributed by atoms with Crippen LogP contribution in [0.1, 0.15) is 68.7 Å². The van der Waals surface area contributed by atoms with Gasteiger partial charge in [-0.05, 0) is 59.1 Å². The summed E-state index contributed by atoms with van der Waals surface area (Å²) in [5.74, 6) is 0.756. The fourth-order valence-corrected chi connectivity index (χ4v) is 3.63. The number of phenols is 2. The van der Waals surface area contributed by atoms with Gasteiger partial charge in [-0.25, -0.2) is 0 Å². The molecule has 182 valence electrons. The number of halogens is 2. The molecule has 0 aliphatic heterocycles. The zero-order valence-corrected chi connectivity index (χ0v) is 24.9. The molecule has 2 aromatic carbocycles. The Labute approximate surface area is 228 Å². The summed E-state index contributed by atoms with van der Waals surface area (Å²) in [6.45, 7) is 16.8. The molecule has 0 unspecified atom stereocenters. The third-order valence-electron chi connectivity index (χ3n) is 4.81. The van der Waals surface area contributed by atoms with Crippen LogP contribution >= 0.6 is 36.2 Å². The van der Waals surface area contributed by atoms with Gasteiger partial charge in [0.05, 0.1) is 0 Å². The summed E-state index contributed by atoms with van der Waals surface area (Å²) >= 11 is 3.81. The van der Waals surface area contributed by atoms with Gasteiger partial charge in [-0.15, -0.1) is 24.8 Å². The first kappa shape index (κ1) is 34.1. The van der Waals surface area contributed by atoms with Gasteiger partial charge in [-0.1, -0.05) is 65.8 Å². The quantitative estimate of drug-likeness (QED) is 0.302. The molecule has 2 nitrogen and oxygen atoms in total. The molecular formula is C27H38Cl2O2STi. The van der Waals surface area contributed by atoms with E-state index in [2.05, 4.69) is 63.4 Å². The maximum atomic E-state index is 9.31. The molecule has 3 aromatic rings. The first-order valence-corrected chi connectivity index (χ1v) is 12.2. The minimum absolute atomic E-state index is 0. The zero-order valence-electron chi connectivity index (χ0n) is 20.9. The van der Waals surface area contributed by atoms with Crippen molar-refractivity contribution in [3.8, 4) is 11.5 Å². The Morgan fingerprint density at radius 1 is 0.727 bits per heavy atom. The number of rotatable bonds is 1. The van der Waals surface area contributed by atoms with E-state index in [-0.39, 0.29) is 35.6 Å². The fraction of sp³-hybridized carbons (Fsp3) is 0.370. The van der Waals surface area contributed by atoms with Crippen LogP contribution in [0.15, 0.2) is 53.9 Å². The predicted molar refractivity (Wildman–Crippen MR) is 147 cm³/mol. The van der Waals surface area contributed by atoms with Crippen LogP contribution in [-0.2, 0) is 30.8 Å². The Balaban J connectivity index is 0. The third kappa shape index (κ3) is 12.3. The van der Waals surface area contributed by atoms with Crippen LogP contribution in [0.4, 0.5) is 0 Å². The molecule has 0 spiro atoms. The second-order valence-electron chi connectivity index (χ2n) is 9.66. The minimum atomic E-state index is 0. The SMILES string of the molecule is Cc1cc(C(C)(C)C)ccc1O.Cc1cc(C(C)(C)C)ccc1O.Cl.Cl.[Ti]=[CH]c1cccs1. The number of hydrogen-bond acceptors (Lipinski definition) is 3. The second-order valence-corrected chi connectivity index (χ2v) is 11.1. The second kappa shape index (κ2) is 15.0. The Kier molecular flexibility index (Phi) is 15.5. The molecule has 1 aromatic heterocycles. The normalized spacial score (nSPS) is 10.3. The fourth-order valence-electron chi connectivity index (χ4n) is 2.62. The molecular weight excluding hydrogens is 507 g/mol. The monoisotopic (exact) mass is 544 g/mol. The van der Waals surface area contributed by atoms with Crippen LogP contribution in [0.2, 0.25) is 0 Å². The van der Waals surface area contributed by atoms with Crippen molar-refractivity contribution in [2.45, 2.75) is 66.2 Å². The number of aromatic hydroxyl groups is 2. The molecule has 0 radical (unpaired) electrons. The molecule has 0 saturated carbocycles. The summed E-state index contributed by atoms with van der Waals surface area (Å²) in [5.41, 5.74) is 4.75. The van der Waals surface area contributed by atoms with Gasteiger partial charge in [0.2, 0.25) is 0 Å². The van der Waals surface area contributed by atoms with E-state index in [0.717, 1.165) is 11.1 Å². The van der Waals surface area contributed by atoms with E-state index >= 15 is 0 Å².